The molecule has 31 heavy (non-hydrogen) atoms. The number of amides is 3. The Labute approximate surface area is 182 Å². The fraction of sp³-hybridized carbons (Fsp3) is 0.333. The van der Waals surface area contributed by atoms with Crippen molar-refractivity contribution < 1.29 is 19.1 Å². The molecule has 0 spiro atoms. The van der Waals surface area contributed by atoms with E-state index in [9.17, 15) is 9.59 Å². The molecule has 0 aliphatic carbocycles. The fourth-order valence-electron chi connectivity index (χ4n) is 3.89. The zero-order valence-electron chi connectivity index (χ0n) is 17.8. The number of carbonyl (C=O) groups excluding carboxylic acids is 2. The number of hydrogen-bond donors (Lipinski definition) is 2. The van der Waals surface area contributed by atoms with Gasteiger partial charge in [-0.3, -0.25) is 4.79 Å². The summed E-state index contributed by atoms with van der Waals surface area (Å²) in [5.74, 6) is 1.53. The molecule has 2 aromatic carbocycles. The molecule has 2 aliphatic heterocycles. The Bertz CT molecular complexity index is 983. The molecule has 7 heteroatoms. The molecule has 0 fully saturated rings. The molecule has 0 radical (unpaired) electrons. The van der Waals surface area contributed by atoms with Crippen LogP contribution in [0.3, 0.4) is 0 Å². The molecule has 1 atom stereocenters. The number of rotatable bonds is 8. The molecule has 2 N–H and O–H groups in total. The molecule has 0 saturated heterocycles. The zero-order chi connectivity index (χ0) is 21.8. The van der Waals surface area contributed by atoms with E-state index in [1.165, 1.54) is 0 Å². The Morgan fingerprint density at radius 1 is 1.03 bits per heavy atom. The van der Waals surface area contributed by atoms with Crippen LogP contribution in [-0.2, 0) is 11.2 Å². The van der Waals surface area contributed by atoms with E-state index in [0.29, 0.717) is 31.0 Å². The van der Waals surface area contributed by atoms with Crippen molar-refractivity contribution in [1.29, 1.82) is 0 Å². The van der Waals surface area contributed by atoms with Crippen LogP contribution in [0.15, 0.2) is 59.8 Å². The third-order valence-electron chi connectivity index (χ3n) is 5.54. The fourth-order valence-corrected chi connectivity index (χ4v) is 3.89. The summed E-state index contributed by atoms with van der Waals surface area (Å²) in [5, 5.41) is 5.71. The Morgan fingerprint density at radius 2 is 1.74 bits per heavy atom. The van der Waals surface area contributed by atoms with Gasteiger partial charge in [0.25, 0.3) is 5.91 Å². The maximum atomic E-state index is 13.2. The van der Waals surface area contributed by atoms with Crippen LogP contribution in [0, 0.1) is 0 Å². The minimum Gasteiger partial charge on any atom is -0.497 e. The van der Waals surface area contributed by atoms with Crippen LogP contribution < -0.4 is 20.1 Å². The first kappa shape index (κ1) is 20.8. The first-order valence-electron chi connectivity index (χ1n) is 10.5. The van der Waals surface area contributed by atoms with Gasteiger partial charge < -0.3 is 25.0 Å². The van der Waals surface area contributed by atoms with E-state index in [0.717, 1.165) is 35.5 Å². The minimum absolute atomic E-state index is 0.0488. The first-order valence-corrected chi connectivity index (χ1v) is 10.5. The topological polar surface area (TPSA) is 79.9 Å². The Balaban J connectivity index is 1.47. The third kappa shape index (κ3) is 4.50. The smallest absolute Gasteiger partial charge is 0.319 e. The summed E-state index contributed by atoms with van der Waals surface area (Å²) in [6.07, 6.45) is 1.66. The quantitative estimate of drug-likeness (QED) is 0.686. The monoisotopic (exact) mass is 421 g/mol. The van der Waals surface area contributed by atoms with Crippen LogP contribution in [0.1, 0.15) is 30.5 Å². The van der Waals surface area contributed by atoms with Crippen molar-refractivity contribution in [2.75, 3.05) is 26.8 Å². The van der Waals surface area contributed by atoms with Gasteiger partial charge in [-0.15, -0.1) is 0 Å². The molecular formula is C24H27N3O4. The van der Waals surface area contributed by atoms with Gasteiger partial charge in [-0.2, -0.15) is 0 Å². The van der Waals surface area contributed by atoms with E-state index >= 15 is 0 Å². The van der Waals surface area contributed by atoms with E-state index in [1.54, 1.807) is 12.0 Å². The number of methoxy groups -OCH3 is 1. The molecule has 4 rings (SSSR count). The van der Waals surface area contributed by atoms with Gasteiger partial charge in [0.15, 0.2) is 0 Å². The Morgan fingerprint density at radius 3 is 2.42 bits per heavy atom. The largest absolute Gasteiger partial charge is 0.497 e. The summed E-state index contributed by atoms with van der Waals surface area (Å²) in [6.45, 7) is 3.69. The average Bonchev–Trinajstić information content (AvgIpc) is 3.11. The maximum absolute atomic E-state index is 13.2. The van der Waals surface area contributed by atoms with Gasteiger partial charge in [0, 0.05) is 6.54 Å². The van der Waals surface area contributed by atoms with Crippen LogP contribution in [-0.4, -0.2) is 43.6 Å². The lowest BCUT2D eigenvalue weighted by Crippen LogP contribution is -2.44. The number of ether oxygens (including phenoxy) is 2. The van der Waals surface area contributed by atoms with Gasteiger partial charge in [0.2, 0.25) is 0 Å². The minimum atomic E-state index is -0.470. The molecule has 2 aliphatic rings. The third-order valence-corrected chi connectivity index (χ3v) is 5.54. The Hall–Kier alpha value is -3.48. The Kier molecular flexibility index (Phi) is 6.11. The van der Waals surface area contributed by atoms with E-state index < -0.39 is 6.04 Å². The maximum Gasteiger partial charge on any atom is 0.319 e. The lowest BCUT2D eigenvalue weighted by atomic mass is 9.96. The summed E-state index contributed by atoms with van der Waals surface area (Å²) >= 11 is 0. The molecule has 0 saturated carbocycles. The molecule has 3 amide bonds. The molecule has 2 heterocycles. The predicted molar refractivity (Wildman–Crippen MR) is 117 cm³/mol. The second-order valence-electron chi connectivity index (χ2n) is 7.67. The highest BCUT2D eigenvalue weighted by Gasteiger charge is 2.40. The molecule has 0 aromatic heterocycles. The highest BCUT2D eigenvalue weighted by molar-refractivity contribution is 6.01. The SMILES string of the molecule is CCCOc1ccc([C@H]2NC(=O)NC3=C2C(=O)N(CCc2ccc(OC)cc2)C3)cc1. The molecular weight excluding hydrogens is 394 g/mol. The molecule has 2 aromatic rings. The summed E-state index contributed by atoms with van der Waals surface area (Å²) in [5.41, 5.74) is 3.27. The second kappa shape index (κ2) is 9.12. The summed E-state index contributed by atoms with van der Waals surface area (Å²) in [4.78, 5) is 27.2. The molecule has 0 unspecified atom stereocenters. The van der Waals surface area contributed by atoms with Crippen LogP contribution in [0.2, 0.25) is 0 Å². The average molecular weight is 421 g/mol. The van der Waals surface area contributed by atoms with Gasteiger partial charge in [-0.05, 0) is 48.2 Å². The molecule has 0 bridgehead atoms. The number of hydrogen-bond acceptors (Lipinski definition) is 4. The predicted octanol–water partition coefficient (Wildman–Crippen LogP) is 3.18. The lowest BCUT2D eigenvalue weighted by molar-refractivity contribution is -0.125. The van der Waals surface area contributed by atoms with E-state index in [1.807, 2.05) is 48.5 Å². The van der Waals surface area contributed by atoms with E-state index in [2.05, 4.69) is 17.6 Å². The van der Waals surface area contributed by atoms with Crippen molar-refractivity contribution in [3.05, 3.63) is 70.9 Å². The molecule has 162 valence electrons. The highest BCUT2D eigenvalue weighted by Crippen LogP contribution is 2.33. The summed E-state index contributed by atoms with van der Waals surface area (Å²) < 4.78 is 10.8. The van der Waals surface area contributed by atoms with Crippen molar-refractivity contribution >= 4 is 11.9 Å². The molecule has 7 nitrogen and oxygen atoms in total. The van der Waals surface area contributed by atoms with E-state index in [4.69, 9.17) is 9.47 Å². The van der Waals surface area contributed by atoms with Gasteiger partial charge >= 0.3 is 6.03 Å². The number of nitrogens with one attached hydrogen (secondary N) is 2. The van der Waals surface area contributed by atoms with Crippen molar-refractivity contribution in [1.82, 2.24) is 15.5 Å². The van der Waals surface area contributed by atoms with Crippen LogP contribution in [0.25, 0.3) is 0 Å². The lowest BCUT2D eigenvalue weighted by Gasteiger charge is -2.25. The van der Waals surface area contributed by atoms with Gasteiger partial charge in [0.1, 0.15) is 11.5 Å². The highest BCUT2D eigenvalue weighted by atomic mass is 16.5. The van der Waals surface area contributed by atoms with Crippen LogP contribution in [0.4, 0.5) is 4.79 Å². The van der Waals surface area contributed by atoms with Crippen LogP contribution >= 0.6 is 0 Å². The normalized spacial score (nSPS) is 17.9. The van der Waals surface area contributed by atoms with Crippen molar-refractivity contribution in [3.8, 4) is 11.5 Å². The van der Waals surface area contributed by atoms with Crippen molar-refractivity contribution in [3.63, 3.8) is 0 Å². The second-order valence-corrected chi connectivity index (χ2v) is 7.67. The number of urea groups is 1. The van der Waals surface area contributed by atoms with Crippen LogP contribution in [0.5, 0.6) is 11.5 Å². The van der Waals surface area contributed by atoms with E-state index in [-0.39, 0.29) is 11.9 Å². The summed E-state index contributed by atoms with van der Waals surface area (Å²) in [7, 11) is 1.64. The number of carbonyl (C=O) groups is 2. The van der Waals surface area contributed by atoms with Crippen molar-refractivity contribution in [2.45, 2.75) is 25.8 Å². The van der Waals surface area contributed by atoms with Gasteiger partial charge in [-0.25, -0.2) is 4.79 Å². The van der Waals surface area contributed by atoms with Gasteiger partial charge in [0.05, 0.1) is 37.6 Å². The standard InChI is InChI=1S/C24H27N3O4/c1-3-14-31-19-10-6-17(7-11-19)22-21-20(25-24(29)26-22)15-27(23(21)28)13-12-16-4-8-18(30-2)9-5-16/h4-11,22H,3,12-15H2,1-2H3,(H2,25,26,29)/t22-/m1/s1. The first-order chi connectivity index (χ1) is 15.1. The number of benzene rings is 2. The number of nitrogens with zero attached hydrogens (tertiary/aromatic N) is 1. The van der Waals surface area contributed by atoms with Crippen molar-refractivity contribution in [2.24, 2.45) is 0 Å². The zero-order valence-corrected chi connectivity index (χ0v) is 17.8. The van der Waals surface area contributed by atoms with Gasteiger partial charge in [-0.1, -0.05) is 31.2 Å². The summed E-state index contributed by atoms with van der Waals surface area (Å²) in [6, 6.07) is 14.6.